The van der Waals surface area contributed by atoms with Gasteiger partial charge in [-0.05, 0) is 31.4 Å². The van der Waals surface area contributed by atoms with Crippen LogP contribution in [0.15, 0.2) is 24.3 Å². The maximum Gasteiger partial charge on any atom is 0.123 e. The predicted octanol–water partition coefficient (Wildman–Crippen LogP) is 5.30. The Hall–Kier alpha value is -1.18. The zero-order valence-corrected chi connectivity index (χ0v) is 12.4. The summed E-state index contributed by atoms with van der Waals surface area (Å²) >= 11 is 0. The highest BCUT2D eigenvalue weighted by Crippen LogP contribution is 2.22. The number of ether oxygens (including phenoxy) is 1. The summed E-state index contributed by atoms with van der Waals surface area (Å²) in [5.41, 5.74) is 0. The van der Waals surface area contributed by atoms with Crippen LogP contribution in [0.1, 0.15) is 65.2 Å². The van der Waals surface area contributed by atoms with Crippen LogP contribution < -0.4 is 4.74 Å². The molecular weight excluding hydrogens is 236 g/mol. The first-order valence-electron chi connectivity index (χ1n) is 7.72. The summed E-state index contributed by atoms with van der Waals surface area (Å²) in [6.07, 6.45) is 10.1. The van der Waals surface area contributed by atoms with E-state index in [1.807, 2.05) is 12.1 Å². The normalized spacial score (nSPS) is 12.3. The van der Waals surface area contributed by atoms with Gasteiger partial charge in [0.15, 0.2) is 0 Å². The zero-order chi connectivity index (χ0) is 13.9. The molecule has 19 heavy (non-hydrogen) atoms. The maximum absolute atomic E-state index is 9.45. The van der Waals surface area contributed by atoms with Gasteiger partial charge in [-0.1, -0.05) is 52.0 Å². The van der Waals surface area contributed by atoms with E-state index in [4.69, 9.17) is 4.74 Å². The number of phenols is 1. The van der Waals surface area contributed by atoms with Crippen molar-refractivity contribution in [3.05, 3.63) is 24.3 Å². The van der Waals surface area contributed by atoms with Gasteiger partial charge in [0.05, 0.1) is 6.10 Å². The van der Waals surface area contributed by atoms with Crippen LogP contribution in [0.4, 0.5) is 0 Å². The molecule has 1 aromatic rings. The minimum atomic E-state index is 0.274. The second-order valence-corrected chi connectivity index (χ2v) is 5.23. The molecule has 108 valence electrons. The van der Waals surface area contributed by atoms with Gasteiger partial charge in [-0.3, -0.25) is 0 Å². The van der Waals surface area contributed by atoms with Gasteiger partial charge >= 0.3 is 0 Å². The monoisotopic (exact) mass is 264 g/mol. The van der Waals surface area contributed by atoms with Crippen LogP contribution in [0.5, 0.6) is 11.5 Å². The molecule has 2 heteroatoms. The lowest BCUT2D eigenvalue weighted by Gasteiger charge is -2.18. The molecule has 0 saturated carbocycles. The topological polar surface area (TPSA) is 29.5 Å². The third kappa shape index (κ3) is 7.09. The fraction of sp³-hybridized carbons (Fsp3) is 0.647. The van der Waals surface area contributed by atoms with E-state index in [0.29, 0.717) is 0 Å². The number of rotatable bonds is 10. The molecule has 1 rings (SSSR count). The van der Waals surface area contributed by atoms with E-state index >= 15 is 0 Å². The average molecular weight is 264 g/mol. The number of unbranched alkanes of at least 4 members (excludes halogenated alkanes) is 4. The van der Waals surface area contributed by atoms with Crippen LogP contribution in [0.25, 0.3) is 0 Å². The molecule has 0 aliphatic heterocycles. The smallest absolute Gasteiger partial charge is 0.123 e. The molecule has 0 spiro atoms. The highest BCUT2D eigenvalue weighted by Gasteiger charge is 2.09. The van der Waals surface area contributed by atoms with Gasteiger partial charge in [0.2, 0.25) is 0 Å². The van der Waals surface area contributed by atoms with Crippen molar-refractivity contribution in [3.8, 4) is 11.5 Å². The van der Waals surface area contributed by atoms with Crippen molar-refractivity contribution in [3.63, 3.8) is 0 Å². The molecule has 1 N–H and O–H groups in total. The Labute approximate surface area is 117 Å². The number of hydrogen-bond acceptors (Lipinski definition) is 2. The minimum Gasteiger partial charge on any atom is -0.508 e. The highest BCUT2D eigenvalue weighted by molar-refractivity contribution is 5.31. The molecular formula is C17H28O2. The second-order valence-electron chi connectivity index (χ2n) is 5.23. The van der Waals surface area contributed by atoms with E-state index in [0.717, 1.165) is 25.0 Å². The lowest BCUT2D eigenvalue weighted by atomic mass is 10.0. The molecule has 0 saturated heterocycles. The summed E-state index contributed by atoms with van der Waals surface area (Å²) < 4.78 is 5.98. The third-order valence-electron chi connectivity index (χ3n) is 3.36. The summed E-state index contributed by atoms with van der Waals surface area (Å²) in [4.78, 5) is 0. The molecule has 2 nitrogen and oxygen atoms in total. The average Bonchev–Trinajstić information content (AvgIpc) is 2.38. The van der Waals surface area contributed by atoms with E-state index in [-0.39, 0.29) is 11.9 Å². The van der Waals surface area contributed by atoms with Crippen LogP contribution in [0.2, 0.25) is 0 Å². The number of aromatic hydroxyl groups is 1. The van der Waals surface area contributed by atoms with Crippen molar-refractivity contribution in [1.29, 1.82) is 0 Å². The Morgan fingerprint density at radius 2 is 1.79 bits per heavy atom. The van der Waals surface area contributed by atoms with Gasteiger partial charge < -0.3 is 9.84 Å². The third-order valence-corrected chi connectivity index (χ3v) is 3.36. The van der Waals surface area contributed by atoms with Crippen LogP contribution in [-0.2, 0) is 0 Å². The molecule has 0 aliphatic rings. The van der Waals surface area contributed by atoms with Gasteiger partial charge in [-0.15, -0.1) is 0 Å². The molecule has 0 aromatic heterocycles. The van der Waals surface area contributed by atoms with E-state index in [2.05, 4.69) is 13.8 Å². The SMILES string of the molecule is CCCCCCCC(CCC)Oc1cccc(O)c1. The summed E-state index contributed by atoms with van der Waals surface area (Å²) in [5, 5.41) is 9.45. The van der Waals surface area contributed by atoms with Crippen molar-refractivity contribution in [1.82, 2.24) is 0 Å². The first-order valence-corrected chi connectivity index (χ1v) is 7.72. The Morgan fingerprint density at radius 3 is 2.47 bits per heavy atom. The quantitative estimate of drug-likeness (QED) is 0.581. The van der Waals surface area contributed by atoms with Gasteiger partial charge in [0.25, 0.3) is 0 Å². The number of phenolic OH excluding ortho intramolecular Hbond substituents is 1. The maximum atomic E-state index is 9.45. The number of benzene rings is 1. The van der Waals surface area contributed by atoms with Crippen LogP contribution >= 0.6 is 0 Å². The predicted molar refractivity (Wildman–Crippen MR) is 80.8 cm³/mol. The zero-order valence-electron chi connectivity index (χ0n) is 12.4. The number of hydrogen-bond donors (Lipinski definition) is 1. The summed E-state index contributed by atoms with van der Waals surface area (Å²) in [6, 6.07) is 7.11. The Kier molecular flexibility index (Phi) is 8.11. The Bertz CT molecular complexity index is 336. The molecule has 0 heterocycles. The van der Waals surface area contributed by atoms with Gasteiger partial charge in [-0.2, -0.15) is 0 Å². The lowest BCUT2D eigenvalue weighted by molar-refractivity contribution is 0.175. The molecule has 0 aliphatic carbocycles. The van der Waals surface area contributed by atoms with Crippen LogP contribution in [0.3, 0.4) is 0 Å². The Morgan fingerprint density at radius 1 is 1.00 bits per heavy atom. The summed E-state index contributed by atoms with van der Waals surface area (Å²) in [6.45, 7) is 4.43. The standard InChI is InChI=1S/C17H28O2/c1-3-5-6-7-8-12-16(10-4-2)19-17-13-9-11-15(18)14-17/h9,11,13-14,16,18H,3-8,10,12H2,1-2H3. The Balaban J connectivity index is 2.35. The fourth-order valence-corrected chi connectivity index (χ4v) is 2.31. The molecule has 1 atom stereocenters. The van der Waals surface area contributed by atoms with Crippen molar-refractivity contribution in [2.45, 2.75) is 71.3 Å². The molecule has 1 unspecified atom stereocenters. The lowest BCUT2D eigenvalue weighted by Crippen LogP contribution is -2.16. The highest BCUT2D eigenvalue weighted by atomic mass is 16.5. The van der Waals surface area contributed by atoms with Crippen molar-refractivity contribution >= 4 is 0 Å². The molecule has 0 bridgehead atoms. The second kappa shape index (κ2) is 9.71. The van der Waals surface area contributed by atoms with Gasteiger partial charge in [-0.25, -0.2) is 0 Å². The van der Waals surface area contributed by atoms with Crippen molar-refractivity contribution < 1.29 is 9.84 Å². The molecule has 0 fully saturated rings. The fourth-order valence-electron chi connectivity index (χ4n) is 2.31. The van der Waals surface area contributed by atoms with E-state index in [1.54, 1.807) is 12.1 Å². The molecule has 1 aromatic carbocycles. The van der Waals surface area contributed by atoms with Crippen molar-refractivity contribution in [2.75, 3.05) is 0 Å². The first kappa shape index (κ1) is 15.9. The largest absolute Gasteiger partial charge is 0.508 e. The summed E-state index contributed by atoms with van der Waals surface area (Å²) in [5.74, 6) is 1.06. The first-order chi connectivity index (χ1) is 9.26. The van der Waals surface area contributed by atoms with Gasteiger partial charge in [0.1, 0.15) is 11.5 Å². The van der Waals surface area contributed by atoms with E-state index in [1.165, 1.54) is 32.1 Å². The van der Waals surface area contributed by atoms with Crippen molar-refractivity contribution in [2.24, 2.45) is 0 Å². The molecule has 0 radical (unpaired) electrons. The van der Waals surface area contributed by atoms with Gasteiger partial charge in [0, 0.05) is 6.07 Å². The van der Waals surface area contributed by atoms with Crippen LogP contribution in [0, 0.1) is 0 Å². The van der Waals surface area contributed by atoms with E-state index in [9.17, 15) is 5.11 Å². The minimum absolute atomic E-state index is 0.274. The van der Waals surface area contributed by atoms with Crippen LogP contribution in [-0.4, -0.2) is 11.2 Å². The summed E-state index contributed by atoms with van der Waals surface area (Å²) in [7, 11) is 0. The van der Waals surface area contributed by atoms with E-state index < -0.39 is 0 Å². The molecule has 0 amide bonds.